The maximum Gasteiger partial charge on any atom is 0.331 e. The predicted octanol–water partition coefficient (Wildman–Crippen LogP) is 4.73. The molecule has 0 fully saturated rings. The predicted molar refractivity (Wildman–Crippen MR) is 115 cm³/mol. The van der Waals surface area contributed by atoms with Crippen LogP contribution in [0.15, 0.2) is 18.2 Å². The molecule has 0 aromatic heterocycles. The second-order valence-electron chi connectivity index (χ2n) is 7.55. The highest BCUT2D eigenvalue weighted by molar-refractivity contribution is 6.32. The fraction of sp³-hybridized carbons (Fsp3) is 0.545. The highest BCUT2D eigenvalue weighted by Crippen LogP contribution is 2.37. The Kier molecular flexibility index (Phi) is 9.50. The summed E-state index contributed by atoms with van der Waals surface area (Å²) < 4.78 is 16.3. The second-order valence-corrected chi connectivity index (χ2v) is 7.95. The Balaban J connectivity index is 2.89. The van der Waals surface area contributed by atoms with Gasteiger partial charge in [-0.25, -0.2) is 4.79 Å². The van der Waals surface area contributed by atoms with Crippen LogP contribution in [0.25, 0.3) is 6.08 Å². The van der Waals surface area contributed by atoms with Gasteiger partial charge < -0.3 is 19.1 Å². The van der Waals surface area contributed by atoms with Crippen LogP contribution in [0.3, 0.4) is 0 Å². The van der Waals surface area contributed by atoms with E-state index in [0.717, 1.165) is 0 Å². The number of rotatable bonds is 9. The fourth-order valence-corrected chi connectivity index (χ4v) is 3.19. The molecule has 0 radical (unpaired) electrons. The molecule has 0 spiro atoms. The lowest BCUT2D eigenvalue weighted by Crippen LogP contribution is -2.47. The number of benzene rings is 1. The first-order valence-electron chi connectivity index (χ1n) is 9.72. The second kappa shape index (κ2) is 11.1. The third-order valence-electron chi connectivity index (χ3n) is 4.03. The van der Waals surface area contributed by atoms with Crippen LogP contribution in [-0.4, -0.2) is 48.2 Å². The minimum atomic E-state index is -0.878. The molecule has 0 N–H and O–H groups in total. The van der Waals surface area contributed by atoms with Gasteiger partial charge in [-0.1, -0.05) is 11.6 Å². The van der Waals surface area contributed by atoms with E-state index in [0.29, 0.717) is 22.1 Å². The maximum absolute atomic E-state index is 12.6. The van der Waals surface area contributed by atoms with Crippen molar-refractivity contribution in [2.45, 2.75) is 72.8 Å². The number of methoxy groups -OCH3 is 1. The first-order chi connectivity index (χ1) is 13.5. The van der Waals surface area contributed by atoms with Gasteiger partial charge in [0.15, 0.2) is 17.6 Å². The average Bonchev–Trinajstić information content (AvgIpc) is 2.60. The van der Waals surface area contributed by atoms with Crippen LogP contribution in [0.5, 0.6) is 11.5 Å². The van der Waals surface area contributed by atoms with E-state index in [-0.39, 0.29) is 24.1 Å². The third-order valence-corrected chi connectivity index (χ3v) is 4.31. The van der Waals surface area contributed by atoms with E-state index in [4.69, 9.17) is 25.8 Å². The van der Waals surface area contributed by atoms with Crippen molar-refractivity contribution in [3.63, 3.8) is 0 Å². The number of esters is 1. The Bertz CT molecular complexity index is 735. The molecule has 0 unspecified atom stereocenters. The normalized spacial score (nSPS) is 12.6. The van der Waals surface area contributed by atoms with E-state index in [1.54, 1.807) is 30.0 Å². The Morgan fingerprint density at radius 1 is 1.03 bits per heavy atom. The number of halogens is 1. The van der Waals surface area contributed by atoms with E-state index < -0.39 is 12.1 Å². The Morgan fingerprint density at radius 2 is 1.62 bits per heavy atom. The molecule has 0 aliphatic heterocycles. The molecule has 1 amide bonds. The number of amides is 1. The lowest BCUT2D eigenvalue weighted by Gasteiger charge is -2.32. The molecule has 29 heavy (non-hydrogen) atoms. The molecule has 0 saturated carbocycles. The zero-order valence-corrected chi connectivity index (χ0v) is 19.2. The summed E-state index contributed by atoms with van der Waals surface area (Å²) in [5, 5.41) is 0.374. The molecular formula is C22H32ClNO5. The van der Waals surface area contributed by atoms with Crippen molar-refractivity contribution in [3.8, 4) is 11.5 Å². The molecule has 0 saturated heterocycles. The summed E-state index contributed by atoms with van der Waals surface area (Å²) in [7, 11) is 1.52. The van der Waals surface area contributed by atoms with Gasteiger partial charge in [-0.2, -0.15) is 0 Å². The zero-order valence-electron chi connectivity index (χ0n) is 18.5. The van der Waals surface area contributed by atoms with Crippen molar-refractivity contribution < 1.29 is 23.8 Å². The highest BCUT2D eigenvalue weighted by atomic mass is 35.5. The van der Waals surface area contributed by atoms with Gasteiger partial charge >= 0.3 is 5.97 Å². The van der Waals surface area contributed by atoms with E-state index in [1.807, 2.05) is 41.5 Å². The largest absolute Gasteiger partial charge is 0.493 e. The molecule has 0 heterocycles. The SMILES string of the molecule is COc1cc(/C=C/C(=O)O[C@@H](C)C(=O)N(C(C)C)C(C)C)cc(Cl)c1OC(C)C. The van der Waals surface area contributed by atoms with E-state index in [1.165, 1.54) is 13.2 Å². The first kappa shape index (κ1) is 24.8. The van der Waals surface area contributed by atoms with Crippen LogP contribution in [0.4, 0.5) is 0 Å². The molecule has 1 rings (SSSR count). The van der Waals surface area contributed by atoms with E-state index in [9.17, 15) is 9.59 Å². The van der Waals surface area contributed by atoms with Gasteiger partial charge in [0.05, 0.1) is 18.2 Å². The zero-order chi connectivity index (χ0) is 22.3. The van der Waals surface area contributed by atoms with Crippen LogP contribution >= 0.6 is 11.6 Å². The smallest absolute Gasteiger partial charge is 0.331 e. The number of hydrogen-bond donors (Lipinski definition) is 0. The van der Waals surface area contributed by atoms with E-state index >= 15 is 0 Å². The fourth-order valence-electron chi connectivity index (χ4n) is 2.93. The Hall–Kier alpha value is -2.21. The lowest BCUT2D eigenvalue weighted by atomic mass is 10.2. The average molecular weight is 426 g/mol. The molecule has 7 heteroatoms. The van der Waals surface area contributed by atoms with Crippen molar-refractivity contribution in [2.75, 3.05) is 7.11 Å². The van der Waals surface area contributed by atoms with Crippen molar-refractivity contribution >= 4 is 29.6 Å². The minimum Gasteiger partial charge on any atom is -0.493 e. The van der Waals surface area contributed by atoms with E-state index in [2.05, 4.69) is 0 Å². The van der Waals surface area contributed by atoms with Crippen LogP contribution in [0.1, 0.15) is 54.0 Å². The first-order valence-corrected chi connectivity index (χ1v) is 10.1. The van der Waals surface area contributed by atoms with Crippen molar-refractivity contribution in [3.05, 3.63) is 28.8 Å². The number of carbonyl (C=O) groups is 2. The molecular weight excluding hydrogens is 394 g/mol. The maximum atomic E-state index is 12.6. The molecule has 1 aromatic rings. The molecule has 1 aromatic carbocycles. The van der Waals surface area contributed by atoms with Crippen LogP contribution in [0.2, 0.25) is 5.02 Å². The number of nitrogens with zero attached hydrogens (tertiary/aromatic N) is 1. The standard InChI is InChI=1S/C22H32ClNO5/c1-13(2)24(14(3)4)22(26)16(7)29-20(25)10-9-17-11-18(23)21(28-15(5)6)19(12-17)27-8/h9-16H,1-8H3/b10-9+/t16-/m0/s1. The van der Waals surface area contributed by atoms with Crippen LogP contribution in [-0.2, 0) is 14.3 Å². The number of ether oxygens (including phenoxy) is 3. The number of hydrogen-bond acceptors (Lipinski definition) is 5. The van der Waals surface area contributed by atoms with Gasteiger partial charge in [0.1, 0.15) is 0 Å². The van der Waals surface area contributed by atoms with Crippen LogP contribution < -0.4 is 9.47 Å². The lowest BCUT2D eigenvalue weighted by molar-refractivity contribution is -0.157. The topological polar surface area (TPSA) is 65.1 Å². The minimum absolute atomic E-state index is 0.0142. The molecule has 0 bridgehead atoms. The van der Waals surface area contributed by atoms with Gasteiger partial charge in [-0.05, 0) is 72.2 Å². The van der Waals surface area contributed by atoms with Crippen LogP contribution in [0, 0.1) is 0 Å². The van der Waals surface area contributed by atoms with Gasteiger partial charge in [-0.15, -0.1) is 0 Å². The van der Waals surface area contributed by atoms with Crippen molar-refractivity contribution in [1.82, 2.24) is 4.90 Å². The molecule has 0 aliphatic carbocycles. The summed E-state index contributed by atoms with van der Waals surface area (Å²) in [6, 6.07) is 3.40. The molecule has 0 aliphatic rings. The Morgan fingerprint density at radius 3 is 2.10 bits per heavy atom. The molecule has 162 valence electrons. The summed E-state index contributed by atoms with van der Waals surface area (Å²) in [6.07, 6.45) is 1.87. The number of carbonyl (C=O) groups excluding carboxylic acids is 2. The van der Waals surface area contributed by atoms with Crippen molar-refractivity contribution in [1.29, 1.82) is 0 Å². The Labute approximate surface area is 178 Å². The quantitative estimate of drug-likeness (QED) is 0.423. The summed E-state index contributed by atoms with van der Waals surface area (Å²) in [4.78, 5) is 26.4. The van der Waals surface area contributed by atoms with Gasteiger partial charge in [0, 0.05) is 18.2 Å². The molecule has 6 nitrogen and oxygen atoms in total. The summed E-state index contributed by atoms with van der Waals surface area (Å²) >= 11 is 6.29. The van der Waals surface area contributed by atoms with Crippen molar-refractivity contribution in [2.24, 2.45) is 0 Å². The monoisotopic (exact) mass is 425 g/mol. The molecule has 1 atom stereocenters. The van der Waals surface area contributed by atoms with Gasteiger partial charge in [-0.3, -0.25) is 4.79 Å². The summed E-state index contributed by atoms with van der Waals surface area (Å²) in [5.74, 6) is 0.0744. The summed E-state index contributed by atoms with van der Waals surface area (Å²) in [5.41, 5.74) is 0.643. The van der Waals surface area contributed by atoms with Gasteiger partial charge in [0.2, 0.25) is 0 Å². The van der Waals surface area contributed by atoms with Gasteiger partial charge in [0.25, 0.3) is 5.91 Å². The highest BCUT2D eigenvalue weighted by Gasteiger charge is 2.27. The summed E-state index contributed by atoms with van der Waals surface area (Å²) in [6.45, 7) is 13.1. The third kappa shape index (κ3) is 7.28.